The first-order valence-electron chi connectivity index (χ1n) is 7.69. The Kier molecular flexibility index (Phi) is 3.75. The molecule has 1 amide bonds. The van der Waals surface area contributed by atoms with Gasteiger partial charge < -0.3 is 15.6 Å². The van der Waals surface area contributed by atoms with Gasteiger partial charge in [-0.05, 0) is 22.6 Å². The lowest BCUT2D eigenvalue weighted by Crippen LogP contribution is -2.41. The highest BCUT2D eigenvalue weighted by molar-refractivity contribution is 5.83. The number of hydrogen-bond acceptors (Lipinski definition) is 6. The van der Waals surface area contributed by atoms with E-state index < -0.39 is 6.04 Å². The number of hydrogen-bond donors (Lipinski definition) is 3. The van der Waals surface area contributed by atoms with Gasteiger partial charge in [0.2, 0.25) is 5.91 Å². The molecule has 9 nitrogen and oxygen atoms in total. The minimum Gasteiger partial charge on any atom is -0.348 e. The van der Waals surface area contributed by atoms with Crippen LogP contribution in [-0.4, -0.2) is 42.6 Å². The smallest absolute Gasteiger partial charge is 0.243 e. The molecule has 122 valence electrons. The molecule has 3 N–H and O–H groups in total. The number of nitrogens with zero attached hydrogens (tertiary/aromatic N) is 5. The monoisotopic (exact) mass is 324 g/mol. The van der Waals surface area contributed by atoms with Gasteiger partial charge in [-0.25, -0.2) is 4.98 Å². The number of rotatable bonds is 4. The van der Waals surface area contributed by atoms with Crippen LogP contribution in [-0.2, 0) is 17.8 Å². The summed E-state index contributed by atoms with van der Waals surface area (Å²) in [5.74, 6) is 0.415. The van der Waals surface area contributed by atoms with Gasteiger partial charge in [-0.2, -0.15) is 4.68 Å². The van der Waals surface area contributed by atoms with E-state index in [2.05, 4.69) is 36.1 Å². The third-order valence-corrected chi connectivity index (χ3v) is 3.97. The van der Waals surface area contributed by atoms with E-state index in [9.17, 15) is 4.79 Å². The lowest BCUT2D eigenvalue weighted by Gasteiger charge is -2.22. The quantitative estimate of drug-likeness (QED) is 0.617. The summed E-state index contributed by atoms with van der Waals surface area (Å²) in [7, 11) is 0. The Balaban J connectivity index is 1.47. The van der Waals surface area contributed by atoms with Gasteiger partial charge in [-0.3, -0.25) is 4.79 Å². The fraction of sp³-hybridized carbons (Fsp3) is 0.267. The van der Waals surface area contributed by atoms with Crippen molar-refractivity contribution in [1.82, 2.24) is 40.8 Å². The Labute approximate surface area is 137 Å². The molecule has 0 spiro atoms. The Hall–Kier alpha value is -3.07. The van der Waals surface area contributed by atoms with Crippen molar-refractivity contribution in [2.75, 3.05) is 6.54 Å². The maximum atomic E-state index is 12.5. The molecule has 0 saturated heterocycles. The first kappa shape index (κ1) is 14.5. The normalized spacial score (nSPS) is 16.6. The van der Waals surface area contributed by atoms with Crippen LogP contribution in [0.5, 0.6) is 0 Å². The van der Waals surface area contributed by atoms with E-state index in [0.29, 0.717) is 5.82 Å². The second-order valence-electron chi connectivity index (χ2n) is 5.46. The second kappa shape index (κ2) is 6.20. The van der Waals surface area contributed by atoms with Crippen LogP contribution >= 0.6 is 0 Å². The maximum absolute atomic E-state index is 12.5. The van der Waals surface area contributed by atoms with Crippen LogP contribution in [0, 0.1) is 0 Å². The molecule has 3 heterocycles. The number of aromatic nitrogens is 6. The molecule has 1 aromatic carbocycles. The molecule has 0 radical (unpaired) electrons. The molecule has 9 heteroatoms. The van der Waals surface area contributed by atoms with Crippen LogP contribution in [0.15, 0.2) is 36.7 Å². The Morgan fingerprint density at radius 3 is 3.08 bits per heavy atom. The summed E-state index contributed by atoms with van der Waals surface area (Å²) in [5, 5.41) is 17.7. The van der Waals surface area contributed by atoms with Crippen molar-refractivity contribution in [2.45, 2.75) is 19.0 Å². The highest BCUT2D eigenvalue weighted by atomic mass is 16.2. The number of aromatic amines is 1. The summed E-state index contributed by atoms with van der Waals surface area (Å²) in [6, 6.07) is 9.09. The molecular formula is C15H16N8O. The van der Waals surface area contributed by atoms with Crippen molar-refractivity contribution >= 4 is 5.91 Å². The Morgan fingerprint density at radius 1 is 1.33 bits per heavy atom. The van der Waals surface area contributed by atoms with Gasteiger partial charge in [0.25, 0.3) is 0 Å². The highest BCUT2D eigenvalue weighted by Gasteiger charge is 2.28. The molecule has 0 aliphatic carbocycles. The zero-order valence-corrected chi connectivity index (χ0v) is 12.8. The first-order valence-corrected chi connectivity index (χ1v) is 7.69. The first-order chi connectivity index (χ1) is 11.8. The topological polar surface area (TPSA) is 113 Å². The number of carbonyl (C=O) groups excluding carboxylic acids is 1. The summed E-state index contributed by atoms with van der Waals surface area (Å²) in [5.41, 5.74) is 2.60. The van der Waals surface area contributed by atoms with E-state index in [1.165, 1.54) is 0 Å². The van der Waals surface area contributed by atoms with Crippen molar-refractivity contribution in [3.05, 3.63) is 53.9 Å². The third-order valence-electron chi connectivity index (χ3n) is 3.97. The van der Waals surface area contributed by atoms with Gasteiger partial charge in [0.05, 0.1) is 24.3 Å². The second-order valence-corrected chi connectivity index (χ2v) is 5.46. The van der Waals surface area contributed by atoms with Crippen molar-refractivity contribution < 1.29 is 4.79 Å². The van der Waals surface area contributed by atoms with Crippen LogP contribution in [0.4, 0.5) is 0 Å². The lowest BCUT2D eigenvalue weighted by atomic mass is 10.1. The van der Waals surface area contributed by atoms with Crippen molar-refractivity contribution in [1.29, 1.82) is 0 Å². The number of amides is 1. The van der Waals surface area contributed by atoms with E-state index in [0.717, 1.165) is 30.0 Å². The van der Waals surface area contributed by atoms with Crippen molar-refractivity contribution in [3.8, 4) is 5.69 Å². The summed E-state index contributed by atoms with van der Waals surface area (Å²) in [6.45, 7) is 0.966. The number of tetrazole rings is 1. The molecule has 2 aromatic heterocycles. The molecule has 0 saturated carbocycles. The van der Waals surface area contributed by atoms with Crippen LogP contribution in [0.1, 0.15) is 23.3 Å². The number of fused-ring (bicyclic) bond motifs is 1. The molecule has 0 fully saturated rings. The van der Waals surface area contributed by atoms with Gasteiger partial charge in [-0.1, -0.05) is 18.2 Å². The zero-order valence-electron chi connectivity index (χ0n) is 12.8. The number of benzene rings is 1. The predicted octanol–water partition coefficient (Wildman–Crippen LogP) is -0.111. The van der Waals surface area contributed by atoms with Gasteiger partial charge in [0, 0.05) is 18.7 Å². The summed E-state index contributed by atoms with van der Waals surface area (Å²) in [6.07, 6.45) is 2.46. The molecule has 24 heavy (non-hydrogen) atoms. The molecule has 1 aliphatic rings. The molecule has 4 rings (SSSR count). The predicted molar refractivity (Wildman–Crippen MR) is 84.0 cm³/mol. The number of nitrogens with one attached hydrogen (secondary N) is 3. The van der Waals surface area contributed by atoms with Gasteiger partial charge >= 0.3 is 0 Å². The van der Waals surface area contributed by atoms with Crippen LogP contribution in [0.25, 0.3) is 5.69 Å². The minimum absolute atomic E-state index is 0.148. The summed E-state index contributed by atoms with van der Waals surface area (Å²) in [4.78, 5) is 19.8. The van der Waals surface area contributed by atoms with Gasteiger partial charge in [0.1, 0.15) is 6.04 Å². The van der Waals surface area contributed by atoms with Gasteiger partial charge in [0.15, 0.2) is 5.82 Å². The molecule has 1 atom stereocenters. The van der Waals surface area contributed by atoms with E-state index in [1.807, 2.05) is 30.3 Å². The van der Waals surface area contributed by atoms with E-state index in [1.54, 1.807) is 11.0 Å². The standard InChI is InChI=1S/C15H16N8O/c24-15(14-13-11(6-7-16-14)18-9-19-13)17-8-12-20-21-22-23(12)10-4-2-1-3-5-10/h1-5,9,14,16H,6-8H2,(H,17,24)(H,18,19). The SMILES string of the molecule is O=C(NCc1nnnn1-c1ccccc1)C1NCCc2[nH]cnc21. The number of para-hydroxylation sites is 1. The zero-order chi connectivity index (χ0) is 16.4. The minimum atomic E-state index is -0.457. The molecule has 1 aliphatic heterocycles. The largest absolute Gasteiger partial charge is 0.348 e. The fourth-order valence-corrected chi connectivity index (χ4v) is 2.79. The molecular weight excluding hydrogens is 308 g/mol. The van der Waals surface area contributed by atoms with Gasteiger partial charge in [-0.15, -0.1) is 5.10 Å². The fourth-order valence-electron chi connectivity index (χ4n) is 2.79. The van der Waals surface area contributed by atoms with Crippen LogP contribution in [0.3, 0.4) is 0 Å². The Bertz CT molecular complexity index is 840. The van der Waals surface area contributed by atoms with Crippen molar-refractivity contribution in [3.63, 3.8) is 0 Å². The van der Waals surface area contributed by atoms with Crippen LogP contribution in [0.2, 0.25) is 0 Å². The summed E-state index contributed by atoms with van der Waals surface area (Å²) < 4.78 is 1.61. The number of imidazole rings is 1. The van der Waals surface area contributed by atoms with E-state index in [4.69, 9.17) is 0 Å². The third kappa shape index (κ3) is 2.65. The molecule has 0 bridgehead atoms. The Morgan fingerprint density at radius 2 is 2.21 bits per heavy atom. The maximum Gasteiger partial charge on any atom is 0.243 e. The summed E-state index contributed by atoms with van der Waals surface area (Å²) >= 11 is 0. The average Bonchev–Trinajstić information content (AvgIpc) is 3.29. The van der Waals surface area contributed by atoms with Crippen molar-refractivity contribution in [2.24, 2.45) is 0 Å². The molecule has 3 aromatic rings. The van der Waals surface area contributed by atoms with Crippen LogP contribution < -0.4 is 10.6 Å². The van der Waals surface area contributed by atoms with E-state index >= 15 is 0 Å². The number of H-pyrrole nitrogens is 1. The lowest BCUT2D eigenvalue weighted by molar-refractivity contribution is -0.123. The highest BCUT2D eigenvalue weighted by Crippen LogP contribution is 2.19. The average molecular weight is 324 g/mol. The number of carbonyl (C=O) groups is 1. The molecule has 1 unspecified atom stereocenters. The van der Waals surface area contributed by atoms with E-state index in [-0.39, 0.29) is 12.5 Å².